The first-order chi connectivity index (χ1) is 11.1. The number of carbonyl (C=O) groups excluding carboxylic acids is 2. The number of rotatable bonds is 4. The lowest BCUT2D eigenvalue weighted by molar-refractivity contribution is -0.116. The Hall–Kier alpha value is -2.41. The highest BCUT2D eigenvalue weighted by atomic mass is 32.1. The number of aromatic nitrogens is 1. The van der Waals surface area contributed by atoms with Gasteiger partial charge in [0.1, 0.15) is 5.82 Å². The summed E-state index contributed by atoms with van der Waals surface area (Å²) in [5.41, 5.74) is 1.48. The lowest BCUT2D eigenvalue weighted by atomic mass is 9.91. The Labute approximate surface area is 137 Å². The van der Waals surface area contributed by atoms with Gasteiger partial charge >= 0.3 is 5.97 Å². The number of hydrogen-bond donors (Lipinski definition) is 2. The van der Waals surface area contributed by atoms with E-state index < -0.39 is 0 Å². The summed E-state index contributed by atoms with van der Waals surface area (Å²) in [6.07, 6.45) is 0.373. The van der Waals surface area contributed by atoms with Gasteiger partial charge in [0, 0.05) is 18.9 Å². The molecule has 23 heavy (non-hydrogen) atoms. The Morgan fingerprint density at radius 2 is 2.17 bits per heavy atom. The quantitative estimate of drug-likeness (QED) is 0.842. The fourth-order valence-corrected chi connectivity index (χ4v) is 3.70. The van der Waals surface area contributed by atoms with Crippen LogP contribution in [0.5, 0.6) is 0 Å². The number of methoxy groups -OCH3 is 1. The van der Waals surface area contributed by atoms with Crippen LogP contribution in [0.15, 0.2) is 24.3 Å². The molecule has 1 aliphatic heterocycles. The maximum Gasteiger partial charge on any atom is 0.337 e. The molecule has 2 aromatic rings. The van der Waals surface area contributed by atoms with Crippen LogP contribution in [0.25, 0.3) is 0 Å². The molecular weight excluding hydrogens is 314 g/mol. The van der Waals surface area contributed by atoms with E-state index in [2.05, 4.69) is 15.6 Å². The van der Waals surface area contributed by atoms with Crippen LogP contribution in [0.1, 0.15) is 40.1 Å². The second-order valence-corrected chi connectivity index (χ2v) is 6.21. The Balaban J connectivity index is 1.94. The Bertz CT molecular complexity index is 740. The molecule has 1 aromatic heterocycles. The van der Waals surface area contributed by atoms with Crippen LogP contribution in [-0.4, -0.2) is 30.5 Å². The zero-order chi connectivity index (χ0) is 16.4. The molecule has 0 aliphatic carbocycles. The van der Waals surface area contributed by atoms with Gasteiger partial charge in [-0.1, -0.05) is 23.5 Å². The molecule has 3 rings (SSSR count). The van der Waals surface area contributed by atoms with Gasteiger partial charge in [-0.3, -0.25) is 4.79 Å². The molecule has 2 heterocycles. The van der Waals surface area contributed by atoms with Crippen LogP contribution >= 0.6 is 11.3 Å². The largest absolute Gasteiger partial charge is 0.465 e. The lowest BCUT2D eigenvalue weighted by Gasteiger charge is -2.21. The van der Waals surface area contributed by atoms with Crippen molar-refractivity contribution in [3.63, 3.8) is 0 Å². The predicted molar refractivity (Wildman–Crippen MR) is 89.1 cm³/mol. The first-order valence-corrected chi connectivity index (χ1v) is 8.16. The molecule has 0 saturated heterocycles. The number of fused-ring (bicyclic) bond motifs is 1. The number of carbonyl (C=O) groups is 2. The van der Waals surface area contributed by atoms with Gasteiger partial charge < -0.3 is 15.4 Å². The molecule has 0 radical (unpaired) electrons. The topological polar surface area (TPSA) is 80.3 Å². The van der Waals surface area contributed by atoms with Crippen molar-refractivity contribution in [1.29, 1.82) is 0 Å². The molecule has 1 aromatic carbocycles. The van der Waals surface area contributed by atoms with Gasteiger partial charge in [-0.15, -0.1) is 0 Å². The zero-order valence-corrected chi connectivity index (χ0v) is 13.7. The lowest BCUT2D eigenvalue weighted by Crippen LogP contribution is -2.22. The van der Waals surface area contributed by atoms with E-state index in [1.54, 1.807) is 23.5 Å². The summed E-state index contributed by atoms with van der Waals surface area (Å²) in [5.74, 6) is 0.165. The fourth-order valence-electron chi connectivity index (χ4n) is 2.58. The first kappa shape index (κ1) is 15.5. The monoisotopic (exact) mass is 331 g/mol. The Kier molecular flexibility index (Phi) is 4.29. The number of anilines is 2. The molecule has 7 heteroatoms. The van der Waals surface area contributed by atoms with Gasteiger partial charge in [-0.25, -0.2) is 9.78 Å². The van der Waals surface area contributed by atoms with Gasteiger partial charge in [0.05, 0.1) is 17.6 Å². The molecule has 6 nitrogen and oxygen atoms in total. The number of esters is 1. The van der Waals surface area contributed by atoms with Crippen molar-refractivity contribution < 1.29 is 14.3 Å². The van der Waals surface area contributed by atoms with Gasteiger partial charge in [0.2, 0.25) is 5.91 Å². The third-order valence-corrected chi connectivity index (χ3v) is 4.81. The van der Waals surface area contributed by atoms with E-state index in [9.17, 15) is 9.59 Å². The summed E-state index contributed by atoms with van der Waals surface area (Å²) in [7, 11) is 1.35. The van der Waals surface area contributed by atoms with E-state index >= 15 is 0 Å². The Morgan fingerprint density at radius 3 is 2.83 bits per heavy atom. The maximum absolute atomic E-state index is 12.0. The molecule has 2 N–H and O–H groups in total. The third-order valence-electron chi connectivity index (χ3n) is 3.68. The number of nitrogens with zero attached hydrogens (tertiary/aromatic N) is 1. The predicted octanol–water partition coefficient (Wildman–Crippen LogP) is 2.84. The minimum atomic E-state index is -0.370. The molecule has 0 spiro atoms. The van der Waals surface area contributed by atoms with E-state index in [0.717, 1.165) is 22.1 Å². The fraction of sp³-hybridized carbons (Fsp3) is 0.312. The molecule has 0 bridgehead atoms. The molecule has 0 fully saturated rings. The molecule has 0 saturated carbocycles. The minimum absolute atomic E-state index is 0.0460. The smallest absolute Gasteiger partial charge is 0.337 e. The van der Waals surface area contributed by atoms with Crippen molar-refractivity contribution >= 4 is 34.2 Å². The minimum Gasteiger partial charge on any atom is -0.465 e. The second kappa shape index (κ2) is 6.37. The van der Waals surface area contributed by atoms with Gasteiger partial charge in [-0.05, 0) is 24.6 Å². The van der Waals surface area contributed by atoms with E-state index in [4.69, 9.17) is 4.74 Å². The number of ether oxygens (including phenoxy) is 1. The van der Waals surface area contributed by atoms with E-state index in [0.29, 0.717) is 17.8 Å². The molecule has 1 aliphatic rings. The van der Waals surface area contributed by atoms with Crippen molar-refractivity contribution in [2.45, 2.75) is 19.3 Å². The number of nitrogens with one attached hydrogen (secondary N) is 2. The van der Waals surface area contributed by atoms with Crippen LogP contribution in [0.2, 0.25) is 0 Å². The average Bonchev–Trinajstić information content (AvgIpc) is 2.96. The van der Waals surface area contributed by atoms with Crippen LogP contribution in [0, 0.1) is 0 Å². The van der Waals surface area contributed by atoms with Crippen molar-refractivity contribution in [1.82, 2.24) is 4.98 Å². The summed E-state index contributed by atoms with van der Waals surface area (Å²) in [5, 5.41) is 6.80. The van der Waals surface area contributed by atoms with Gasteiger partial charge in [0.25, 0.3) is 0 Å². The highest BCUT2D eigenvalue weighted by Crippen LogP contribution is 2.42. The molecule has 0 unspecified atom stereocenters. The van der Waals surface area contributed by atoms with Crippen molar-refractivity contribution in [2.24, 2.45) is 0 Å². The van der Waals surface area contributed by atoms with E-state index in [-0.39, 0.29) is 17.8 Å². The second-order valence-electron chi connectivity index (χ2n) is 5.18. The average molecular weight is 331 g/mol. The highest BCUT2D eigenvalue weighted by molar-refractivity contribution is 7.16. The molecule has 1 amide bonds. The highest BCUT2D eigenvalue weighted by Gasteiger charge is 2.30. The standard InChI is InChI=1S/C16H17N3O3S/c1-3-17-16-19-14-13(23-16)11(8-12(20)18-14)9-4-6-10(7-5-9)15(21)22-2/h4-7,11H,3,8H2,1-2H3,(H,17,19)(H,18,20)/t11-/m1/s1. The summed E-state index contributed by atoms with van der Waals surface area (Å²) in [6, 6.07) is 7.18. The van der Waals surface area contributed by atoms with Crippen molar-refractivity contribution in [2.75, 3.05) is 24.3 Å². The van der Waals surface area contributed by atoms with Gasteiger partial charge in [0.15, 0.2) is 5.13 Å². The number of benzene rings is 1. The summed E-state index contributed by atoms with van der Waals surface area (Å²) >= 11 is 1.55. The summed E-state index contributed by atoms with van der Waals surface area (Å²) < 4.78 is 4.71. The van der Waals surface area contributed by atoms with Crippen molar-refractivity contribution in [3.05, 3.63) is 40.3 Å². The van der Waals surface area contributed by atoms with Crippen LogP contribution in [0.3, 0.4) is 0 Å². The first-order valence-electron chi connectivity index (χ1n) is 7.35. The molecule has 1 atom stereocenters. The normalized spacial score (nSPS) is 16.4. The molecular formula is C16H17N3O3S. The van der Waals surface area contributed by atoms with E-state index in [1.165, 1.54) is 7.11 Å². The number of thiazole rings is 1. The maximum atomic E-state index is 12.0. The Morgan fingerprint density at radius 1 is 1.43 bits per heavy atom. The van der Waals surface area contributed by atoms with Gasteiger partial charge in [-0.2, -0.15) is 0 Å². The van der Waals surface area contributed by atoms with Crippen molar-refractivity contribution in [3.8, 4) is 0 Å². The number of amides is 1. The van der Waals surface area contributed by atoms with Crippen LogP contribution < -0.4 is 10.6 Å². The van der Waals surface area contributed by atoms with Crippen LogP contribution in [0.4, 0.5) is 10.9 Å². The van der Waals surface area contributed by atoms with Crippen LogP contribution in [-0.2, 0) is 9.53 Å². The van der Waals surface area contributed by atoms with E-state index in [1.807, 2.05) is 19.1 Å². The summed E-state index contributed by atoms with van der Waals surface area (Å²) in [6.45, 7) is 2.78. The third kappa shape index (κ3) is 3.05. The zero-order valence-electron chi connectivity index (χ0n) is 12.9. The SMILES string of the molecule is CCNc1nc2c(s1)[C@@H](c1ccc(C(=O)OC)cc1)CC(=O)N2. The molecule has 120 valence electrons. The summed E-state index contributed by atoms with van der Waals surface area (Å²) in [4.78, 5) is 28.9. The number of hydrogen-bond acceptors (Lipinski definition) is 6.